The van der Waals surface area contributed by atoms with E-state index >= 15 is 0 Å². The van der Waals surface area contributed by atoms with Crippen LogP contribution in [0.4, 0.5) is 0 Å². The molecule has 2 aromatic carbocycles. The Morgan fingerprint density at radius 3 is 2.17 bits per heavy atom. The first-order chi connectivity index (χ1) is 11.0. The van der Waals surface area contributed by atoms with Crippen molar-refractivity contribution in [1.29, 1.82) is 0 Å². The van der Waals surface area contributed by atoms with Gasteiger partial charge in [0.1, 0.15) is 0 Å². The summed E-state index contributed by atoms with van der Waals surface area (Å²) in [4.78, 5) is 12.8. The van der Waals surface area contributed by atoms with Crippen LogP contribution in [0.5, 0.6) is 0 Å². The Balaban J connectivity index is 2.33. The molecule has 0 aliphatic heterocycles. The van der Waals surface area contributed by atoms with Crippen molar-refractivity contribution in [2.24, 2.45) is 0 Å². The fourth-order valence-corrected chi connectivity index (χ4v) is 3.80. The van der Waals surface area contributed by atoms with E-state index in [4.69, 9.17) is 4.52 Å². The van der Waals surface area contributed by atoms with Crippen molar-refractivity contribution in [2.45, 2.75) is 26.1 Å². The quantitative estimate of drug-likeness (QED) is 0.409. The fourth-order valence-electron chi connectivity index (χ4n) is 2.60. The topological polar surface area (TPSA) is 43.4 Å². The van der Waals surface area contributed by atoms with Gasteiger partial charge in [0.05, 0.1) is 6.61 Å². The van der Waals surface area contributed by atoms with Crippen molar-refractivity contribution in [3.63, 3.8) is 0 Å². The second kappa shape index (κ2) is 8.05. The van der Waals surface area contributed by atoms with E-state index in [-0.39, 0.29) is 5.78 Å². The Morgan fingerprint density at radius 2 is 1.70 bits per heavy atom. The van der Waals surface area contributed by atoms with Gasteiger partial charge in [0.25, 0.3) is 0 Å². The van der Waals surface area contributed by atoms with Crippen LogP contribution >= 0.6 is 24.0 Å². The molecule has 0 saturated heterocycles. The number of aryl methyl sites for hydroxylation is 2. The average Bonchev–Trinajstić information content (AvgIpc) is 2.54. The summed E-state index contributed by atoms with van der Waals surface area (Å²) in [5.41, 5.74) is 4.42. The first-order valence-corrected chi connectivity index (χ1v) is 9.89. The van der Waals surface area contributed by atoms with Gasteiger partial charge in [-0.15, -0.1) is 0 Å². The highest BCUT2D eigenvalue weighted by molar-refractivity contribution is 9.08. The van der Waals surface area contributed by atoms with E-state index in [1.54, 1.807) is 24.3 Å². The third-order valence-corrected chi connectivity index (χ3v) is 5.64. The number of carbonyl (C=O) groups is 1. The van der Waals surface area contributed by atoms with Crippen LogP contribution in [0, 0.1) is 13.8 Å². The summed E-state index contributed by atoms with van der Waals surface area (Å²) >= 11 is 3.44. The molecule has 2 aromatic rings. The molecule has 0 N–H and O–H groups in total. The molecular formula is C18H20BrO3P. The summed E-state index contributed by atoms with van der Waals surface area (Å²) in [6.45, 7) is 6.13. The predicted octanol–water partition coefficient (Wildman–Crippen LogP) is 4.57. The third kappa shape index (κ3) is 4.20. The Bertz CT molecular complexity index is 715. The molecule has 0 saturated carbocycles. The lowest BCUT2D eigenvalue weighted by Crippen LogP contribution is -2.08. The second-order valence-electron chi connectivity index (χ2n) is 5.37. The van der Waals surface area contributed by atoms with Crippen molar-refractivity contribution in [3.05, 3.63) is 64.2 Å². The number of ketones is 1. The van der Waals surface area contributed by atoms with Gasteiger partial charge in [-0.05, 0) is 49.6 Å². The molecule has 23 heavy (non-hydrogen) atoms. The first kappa shape index (κ1) is 18.1. The molecule has 0 fully saturated rings. The van der Waals surface area contributed by atoms with Crippen LogP contribution in [-0.2, 0) is 14.4 Å². The molecule has 0 radical (unpaired) electrons. The molecule has 0 aliphatic rings. The number of rotatable bonds is 6. The third-order valence-electron chi connectivity index (χ3n) is 3.63. The lowest BCUT2D eigenvalue weighted by molar-refractivity contribution is 0.103. The maximum Gasteiger partial charge on any atom is 0.220 e. The number of hydrogen-bond donors (Lipinski definition) is 0. The van der Waals surface area contributed by atoms with Crippen molar-refractivity contribution in [1.82, 2.24) is 0 Å². The van der Waals surface area contributed by atoms with Gasteiger partial charge in [-0.3, -0.25) is 9.36 Å². The van der Waals surface area contributed by atoms with Crippen molar-refractivity contribution >= 4 is 35.0 Å². The molecule has 0 aliphatic carbocycles. The summed E-state index contributed by atoms with van der Waals surface area (Å²) in [6.07, 6.45) is 0. The predicted molar refractivity (Wildman–Crippen MR) is 98.7 cm³/mol. The van der Waals surface area contributed by atoms with E-state index in [0.29, 0.717) is 17.5 Å². The maximum atomic E-state index is 12.8. The Hall–Kier alpha value is -1.22. The van der Waals surface area contributed by atoms with Crippen molar-refractivity contribution in [3.8, 4) is 0 Å². The Kier molecular flexibility index (Phi) is 6.34. The largest absolute Gasteiger partial charge is 0.328 e. The monoisotopic (exact) mass is 394 g/mol. The molecule has 1 atom stereocenters. The average molecular weight is 395 g/mol. The molecule has 5 heteroatoms. The van der Waals surface area contributed by atoms with Crippen LogP contribution in [0.25, 0.3) is 0 Å². The van der Waals surface area contributed by atoms with E-state index in [1.807, 2.05) is 32.9 Å². The van der Waals surface area contributed by atoms with E-state index < -0.39 is 8.03 Å². The SMILES string of the molecule is CCO[PH](=O)c1ccc(C(=O)c2c(C)cc(CBr)cc2C)cc1. The van der Waals surface area contributed by atoms with Gasteiger partial charge in [0.15, 0.2) is 5.78 Å². The van der Waals surface area contributed by atoms with Gasteiger partial charge in [-0.25, -0.2) is 0 Å². The Labute approximate surface area is 146 Å². The van der Waals surface area contributed by atoms with Gasteiger partial charge >= 0.3 is 0 Å². The van der Waals surface area contributed by atoms with Gasteiger partial charge in [-0.1, -0.05) is 40.2 Å². The zero-order valence-corrected chi connectivity index (χ0v) is 16.1. The highest BCUT2D eigenvalue weighted by Gasteiger charge is 2.16. The normalized spacial score (nSPS) is 12.2. The van der Waals surface area contributed by atoms with Gasteiger partial charge < -0.3 is 4.52 Å². The zero-order valence-electron chi connectivity index (χ0n) is 13.5. The highest BCUT2D eigenvalue weighted by atomic mass is 79.9. The van der Waals surface area contributed by atoms with Gasteiger partial charge in [-0.2, -0.15) is 0 Å². The Morgan fingerprint density at radius 1 is 1.13 bits per heavy atom. The molecule has 0 aromatic heterocycles. The molecule has 0 spiro atoms. The summed E-state index contributed by atoms with van der Waals surface area (Å²) in [7, 11) is -2.22. The number of alkyl halides is 1. The highest BCUT2D eigenvalue weighted by Crippen LogP contribution is 2.24. The number of carbonyl (C=O) groups excluding carboxylic acids is 1. The molecule has 1 unspecified atom stereocenters. The zero-order chi connectivity index (χ0) is 17.0. The number of hydrogen-bond acceptors (Lipinski definition) is 3. The molecule has 122 valence electrons. The molecule has 3 nitrogen and oxygen atoms in total. The maximum absolute atomic E-state index is 12.8. The van der Waals surface area contributed by atoms with Crippen LogP contribution in [0.1, 0.15) is 39.5 Å². The summed E-state index contributed by atoms with van der Waals surface area (Å²) < 4.78 is 17.0. The molecule has 0 bridgehead atoms. The van der Waals surface area contributed by atoms with E-state index in [1.165, 1.54) is 0 Å². The minimum Gasteiger partial charge on any atom is -0.328 e. The fraction of sp³-hybridized carbons (Fsp3) is 0.278. The van der Waals surface area contributed by atoms with Crippen LogP contribution in [-0.4, -0.2) is 12.4 Å². The molecule has 2 rings (SSSR count). The van der Waals surface area contributed by atoms with Crippen molar-refractivity contribution in [2.75, 3.05) is 6.61 Å². The first-order valence-electron chi connectivity index (χ1n) is 7.46. The van der Waals surface area contributed by atoms with Crippen molar-refractivity contribution < 1.29 is 13.9 Å². The number of benzene rings is 2. The lowest BCUT2D eigenvalue weighted by atomic mass is 9.93. The number of halogens is 1. The van der Waals surface area contributed by atoms with E-state index in [0.717, 1.165) is 27.6 Å². The van der Waals surface area contributed by atoms with Crippen LogP contribution in [0.3, 0.4) is 0 Å². The standard InChI is InChI=1S/C18H20BrO3P/c1-4-22-23(21)16-7-5-15(6-8-16)18(20)17-12(2)9-14(11-19)10-13(17)3/h5-10,23H,4,11H2,1-3H3. The molecule has 0 amide bonds. The summed E-state index contributed by atoms with van der Waals surface area (Å²) in [5.74, 6) is -0.0104. The van der Waals surface area contributed by atoms with E-state index in [2.05, 4.69) is 15.9 Å². The minimum absolute atomic E-state index is 0.0104. The second-order valence-corrected chi connectivity index (χ2v) is 7.37. The smallest absolute Gasteiger partial charge is 0.220 e. The van der Waals surface area contributed by atoms with E-state index in [9.17, 15) is 9.36 Å². The minimum atomic E-state index is -2.22. The van der Waals surface area contributed by atoms with Gasteiger partial charge in [0.2, 0.25) is 8.03 Å². The summed E-state index contributed by atoms with van der Waals surface area (Å²) in [6, 6.07) is 10.9. The summed E-state index contributed by atoms with van der Waals surface area (Å²) in [5, 5.41) is 1.40. The van der Waals surface area contributed by atoms with Crippen LogP contribution in [0.15, 0.2) is 36.4 Å². The lowest BCUT2D eigenvalue weighted by Gasteiger charge is -2.11. The molecule has 0 heterocycles. The van der Waals surface area contributed by atoms with Crippen LogP contribution in [0.2, 0.25) is 0 Å². The van der Waals surface area contributed by atoms with Gasteiger partial charge in [0, 0.05) is 21.8 Å². The van der Waals surface area contributed by atoms with Crippen LogP contribution < -0.4 is 5.30 Å². The molecular weight excluding hydrogens is 375 g/mol.